The molecular formula is C26H32O5. The molecule has 2 unspecified atom stereocenters. The van der Waals surface area contributed by atoms with Gasteiger partial charge < -0.3 is 18.9 Å². The predicted molar refractivity (Wildman–Crippen MR) is 119 cm³/mol. The zero-order chi connectivity index (χ0) is 22.1. The van der Waals surface area contributed by atoms with Crippen LogP contribution in [0.25, 0.3) is 0 Å². The molecule has 1 saturated carbocycles. The molecule has 3 atom stereocenters. The van der Waals surface area contributed by atoms with E-state index in [0.29, 0.717) is 25.2 Å². The molecule has 31 heavy (non-hydrogen) atoms. The Morgan fingerprint density at radius 3 is 2.06 bits per heavy atom. The maximum atomic E-state index is 13.4. The van der Waals surface area contributed by atoms with Crippen molar-refractivity contribution in [2.75, 3.05) is 13.6 Å². The van der Waals surface area contributed by atoms with Crippen molar-refractivity contribution < 1.29 is 23.7 Å². The Bertz CT molecular complexity index is 835. The lowest BCUT2D eigenvalue weighted by Crippen LogP contribution is -2.55. The lowest BCUT2D eigenvalue weighted by molar-refractivity contribution is -0.191. The third kappa shape index (κ3) is 6.11. The van der Waals surface area contributed by atoms with Crippen LogP contribution >= 0.6 is 0 Å². The minimum Gasteiger partial charge on any atom is -0.351 e. The number of carbonyl (C=O) groups is 1. The van der Waals surface area contributed by atoms with Gasteiger partial charge in [-0.15, -0.1) is 0 Å². The fourth-order valence-corrected chi connectivity index (χ4v) is 3.86. The van der Waals surface area contributed by atoms with Crippen molar-refractivity contribution >= 4 is 5.78 Å². The second-order valence-corrected chi connectivity index (χ2v) is 8.12. The van der Waals surface area contributed by atoms with E-state index in [1.54, 1.807) is 0 Å². The van der Waals surface area contributed by atoms with E-state index in [1.165, 1.54) is 0 Å². The number of hydrogen-bond donors (Lipinski definition) is 0. The SMILES string of the molecule is C=C(C)[C@@]1(OCOCc2ccccc2)CCC(C)C(OCOCc2ccccc2)C1=O. The van der Waals surface area contributed by atoms with Gasteiger partial charge in [-0.3, -0.25) is 4.79 Å². The zero-order valence-corrected chi connectivity index (χ0v) is 18.4. The van der Waals surface area contributed by atoms with Gasteiger partial charge in [-0.1, -0.05) is 74.2 Å². The second-order valence-electron chi connectivity index (χ2n) is 8.12. The Morgan fingerprint density at radius 2 is 1.52 bits per heavy atom. The van der Waals surface area contributed by atoms with Gasteiger partial charge in [0.05, 0.1) is 13.2 Å². The molecule has 1 fully saturated rings. The highest BCUT2D eigenvalue weighted by atomic mass is 16.7. The third-order valence-corrected chi connectivity index (χ3v) is 5.76. The van der Waals surface area contributed by atoms with E-state index in [0.717, 1.165) is 17.5 Å². The summed E-state index contributed by atoms with van der Waals surface area (Å²) >= 11 is 0. The molecule has 166 valence electrons. The van der Waals surface area contributed by atoms with Crippen LogP contribution in [0.15, 0.2) is 72.8 Å². The summed E-state index contributed by atoms with van der Waals surface area (Å²) in [5.41, 5.74) is 1.69. The molecule has 0 spiro atoms. The highest BCUT2D eigenvalue weighted by Crippen LogP contribution is 2.38. The van der Waals surface area contributed by atoms with Crippen molar-refractivity contribution in [1.29, 1.82) is 0 Å². The van der Waals surface area contributed by atoms with E-state index in [9.17, 15) is 4.79 Å². The number of ether oxygens (including phenoxy) is 4. The smallest absolute Gasteiger partial charge is 0.197 e. The van der Waals surface area contributed by atoms with Gasteiger partial charge in [0.25, 0.3) is 0 Å². The zero-order valence-electron chi connectivity index (χ0n) is 18.4. The van der Waals surface area contributed by atoms with Crippen molar-refractivity contribution in [2.24, 2.45) is 5.92 Å². The molecular weight excluding hydrogens is 392 g/mol. The van der Waals surface area contributed by atoms with Crippen LogP contribution in [0.2, 0.25) is 0 Å². The van der Waals surface area contributed by atoms with Crippen LogP contribution in [0.4, 0.5) is 0 Å². The maximum absolute atomic E-state index is 13.4. The topological polar surface area (TPSA) is 54.0 Å². The lowest BCUT2D eigenvalue weighted by Gasteiger charge is -2.42. The van der Waals surface area contributed by atoms with E-state index in [-0.39, 0.29) is 25.3 Å². The summed E-state index contributed by atoms with van der Waals surface area (Å²) in [5.74, 6) is -0.0282. The van der Waals surface area contributed by atoms with Crippen molar-refractivity contribution in [1.82, 2.24) is 0 Å². The highest BCUT2D eigenvalue weighted by molar-refractivity contribution is 5.95. The van der Waals surface area contributed by atoms with Crippen LogP contribution in [0.5, 0.6) is 0 Å². The third-order valence-electron chi connectivity index (χ3n) is 5.76. The first-order valence-corrected chi connectivity index (χ1v) is 10.7. The molecule has 2 aromatic rings. The van der Waals surface area contributed by atoms with Crippen molar-refractivity contribution in [3.63, 3.8) is 0 Å². The van der Waals surface area contributed by atoms with Gasteiger partial charge in [-0.2, -0.15) is 0 Å². The van der Waals surface area contributed by atoms with Crippen LogP contribution in [0, 0.1) is 5.92 Å². The van der Waals surface area contributed by atoms with Crippen molar-refractivity contribution in [3.8, 4) is 0 Å². The summed E-state index contributed by atoms with van der Waals surface area (Å²) in [6.07, 6.45) is 0.762. The van der Waals surface area contributed by atoms with E-state index >= 15 is 0 Å². The average molecular weight is 425 g/mol. The fraction of sp³-hybridized carbons (Fsp3) is 0.423. The summed E-state index contributed by atoms with van der Waals surface area (Å²) in [5, 5.41) is 0. The molecule has 0 heterocycles. The van der Waals surface area contributed by atoms with Gasteiger partial charge in [0.1, 0.15) is 19.7 Å². The minimum atomic E-state index is -1.09. The summed E-state index contributed by atoms with van der Waals surface area (Å²) in [6.45, 7) is 8.81. The summed E-state index contributed by atoms with van der Waals surface area (Å²) in [7, 11) is 0. The maximum Gasteiger partial charge on any atom is 0.197 e. The summed E-state index contributed by atoms with van der Waals surface area (Å²) < 4.78 is 23.2. The molecule has 5 heteroatoms. The Balaban J connectivity index is 1.54. The van der Waals surface area contributed by atoms with Crippen LogP contribution < -0.4 is 0 Å². The second kappa shape index (κ2) is 11.3. The normalized spacial score (nSPS) is 23.6. The number of rotatable bonds is 11. The molecule has 1 aliphatic rings. The Labute approximate surface area is 185 Å². The van der Waals surface area contributed by atoms with Gasteiger partial charge in [0.2, 0.25) is 0 Å². The first-order chi connectivity index (χ1) is 15.0. The van der Waals surface area contributed by atoms with Crippen LogP contribution in [0.3, 0.4) is 0 Å². The van der Waals surface area contributed by atoms with Crippen molar-refractivity contribution in [2.45, 2.75) is 51.6 Å². The molecule has 0 amide bonds. The molecule has 0 aromatic heterocycles. The standard InChI is InChI=1S/C26H32O5/c1-20(2)26(31-19-29-17-23-12-8-5-9-13-23)15-14-21(3)24(25(26)27)30-18-28-16-22-10-6-4-7-11-22/h4-13,21,24H,1,14-19H2,2-3H3/t21?,24?,26-/m0/s1. The monoisotopic (exact) mass is 424 g/mol. The van der Waals surface area contributed by atoms with Gasteiger partial charge in [-0.25, -0.2) is 0 Å². The Kier molecular flexibility index (Phi) is 8.55. The fourth-order valence-electron chi connectivity index (χ4n) is 3.86. The summed E-state index contributed by atoms with van der Waals surface area (Å²) in [4.78, 5) is 13.4. The van der Waals surface area contributed by atoms with Gasteiger partial charge >= 0.3 is 0 Å². The average Bonchev–Trinajstić information content (AvgIpc) is 2.79. The van der Waals surface area contributed by atoms with Crippen molar-refractivity contribution in [3.05, 3.63) is 83.9 Å². The highest BCUT2D eigenvalue weighted by Gasteiger charge is 2.50. The quantitative estimate of drug-likeness (QED) is 0.287. The molecule has 3 rings (SSSR count). The molecule has 0 aliphatic heterocycles. The Hall–Kier alpha value is -2.31. The molecule has 5 nitrogen and oxygen atoms in total. The van der Waals surface area contributed by atoms with Gasteiger partial charge in [0, 0.05) is 0 Å². The van der Waals surface area contributed by atoms with Crippen LogP contribution in [0.1, 0.15) is 37.8 Å². The number of benzene rings is 2. The van der Waals surface area contributed by atoms with E-state index in [2.05, 4.69) is 6.58 Å². The van der Waals surface area contributed by atoms with Crippen LogP contribution in [-0.4, -0.2) is 31.1 Å². The molecule has 0 radical (unpaired) electrons. The summed E-state index contributed by atoms with van der Waals surface area (Å²) in [6, 6.07) is 19.7. The first-order valence-electron chi connectivity index (χ1n) is 10.7. The number of Topliss-reactive ketones (excluding diaryl/α,β-unsaturated/α-hetero) is 1. The Morgan fingerprint density at radius 1 is 0.968 bits per heavy atom. The first kappa shape index (κ1) is 23.4. The largest absolute Gasteiger partial charge is 0.351 e. The molecule has 1 aliphatic carbocycles. The molecule has 0 saturated heterocycles. The van der Waals surface area contributed by atoms with E-state index in [4.69, 9.17) is 18.9 Å². The predicted octanol–water partition coefficient (Wildman–Crippen LogP) is 5.05. The number of ketones is 1. The molecule has 0 bridgehead atoms. The molecule has 0 N–H and O–H groups in total. The van der Waals surface area contributed by atoms with Crippen LogP contribution in [-0.2, 0) is 37.0 Å². The minimum absolute atomic E-state index is 0.0130. The van der Waals surface area contributed by atoms with Gasteiger partial charge in [0.15, 0.2) is 11.4 Å². The van der Waals surface area contributed by atoms with E-state index in [1.807, 2.05) is 74.5 Å². The number of hydrogen-bond acceptors (Lipinski definition) is 5. The van der Waals surface area contributed by atoms with Gasteiger partial charge in [-0.05, 0) is 42.4 Å². The lowest BCUT2D eigenvalue weighted by atomic mass is 9.73. The van der Waals surface area contributed by atoms with E-state index < -0.39 is 11.7 Å². The number of carbonyl (C=O) groups excluding carboxylic acids is 1. The molecule has 2 aromatic carbocycles.